The van der Waals surface area contributed by atoms with Crippen LogP contribution in [-0.4, -0.2) is 49.2 Å². The summed E-state index contributed by atoms with van der Waals surface area (Å²) < 4.78 is 59.0. The summed E-state index contributed by atoms with van der Waals surface area (Å²) in [5.74, 6) is -0.337. The second-order valence-electron chi connectivity index (χ2n) is 8.30. The summed E-state index contributed by atoms with van der Waals surface area (Å²) in [5, 5.41) is 0.561. The van der Waals surface area contributed by atoms with Gasteiger partial charge in [0.25, 0.3) is 20.1 Å². The first-order valence-corrected chi connectivity index (χ1v) is 13.5. The molecule has 2 heterocycles. The number of hydrogen-bond acceptors (Lipinski definition) is 6. The maximum absolute atomic E-state index is 13.2. The molecule has 1 fully saturated rings. The maximum Gasteiger partial charge on any atom is 0.269 e. The van der Waals surface area contributed by atoms with Gasteiger partial charge in [0, 0.05) is 30.9 Å². The first-order valence-electron chi connectivity index (χ1n) is 10.5. The Kier molecular flexibility index (Phi) is 6.18. The molecule has 0 atom stereocenters. The van der Waals surface area contributed by atoms with E-state index in [9.17, 15) is 16.8 Å². The van der Waals surface area contributed by atoms with E-state index in [2.05, 4.69) is 9.83 Å². The van der Waals surface area contributed by atoms with Crippen molar-refractivity contribution in [2.45, 2.75) is 36.6 Å². The van der Waals surface area contributed by atoms with Crippen LogP contribution < -0.4 is 4.90 Å². The van der Waals surface area contributed by atoms with Crippen LogP contribution in [0.2, 0.25) is 0 Å². The molecular weight excluding hydrogens is 464 g/mol. The minimum absolute atomic E-state index is 0.0443. The molecule has 1 aliphatic rings. The molecule has 0 aliphatic heterocycles. The lowest BCUT2D eigenvalue weighted by Crippen LogP contribution is -2.36. The Hall–Kier alpha value is -2.94. The Morgan fingerprint density at radius 3 is 2.39 bits per heavy atom. The van der Waals surface area contributed by atoms with E-state index in [0.29, 0.717) is 42.4 Å². The molecule has 1 saturated carbocycles. The number of benzene rings is 1. The molecule has 0 bridgehead atoms. The molecule has 1 aromatic carbocycles. The van der Waals surface area contributed by atoms with Crippen molar-refractivity contribution >= 4 is 42.5 Å². The van der Waals surface area contributed by atoms with Crippen LogP contribution >= 0.6 is 0 Å². The first-order chi connectivity index (χ1) is 15.6. The lowest BCUT2D eigenvalue weighted by Gasteiger charge is -2.36. The summed E-state index contributed by atoms with van der Waals surface area (Å²) in [6.45, 7) is 7.60. The third-order valence-electron chi connectivity index (χ3n) is 6.22. The standard InChI is InChI=1S/C22H24N4O5S2/c1-23-20-14-24-22-19(12-13-26(22)33(30,31)18-6-4-3-5-7-18)21(20)25(2)17-10-8-16(9-11-17)15-32(27,28)29/h3-7,12-14,16-17H,8-11,15H2,2H3,(H,27,28,29). The lowest BCUT2D eigenvalue weighted by molar-refractivity contribution is 0.335. The Morgan fingerprint density at radius 2 is 1.79 bits per heavy atom. The highest BCUT2D eigenvalue weighted by Crippen LogP contribution is 2.40. The highest BCUT2D eigenvalue weighted by atomic mass is 32.2. The van der Waals surface area contributed by atoms with Crippen LogP contribution in [0.1, 0.15) is 25.7 Å². The molecule has 0 amide bonds. The SMILES string of the molecule is [C-]#[N+]c1cnc2c(ccn2S(=O)(=O)c2ccccc2)c1N(C)C1CCC(CS(=O)(=O)O)CC1. The van der Waals surface area contributed by atoms with Crippen LogP contribution in [0.25, 0.3) is 15.9 Å². The van der Waals surface area contributed by atoms with Crippen LogP contribution in [0, 0.1) is 12.5 Å². The fraction of sp³-hybridized carbons (Fsp3) is 0.364. The second-order valence-corrected chi connectivity index (χ2v) is 11.6. The molecule has 9 nitrogen and oxygen atoms in total. The molecule has 0 spiro atoms. The largest absolute Gasteiger partial charge is 0.380 e. The number of fused-ring (bicyclic) bond motifs is 1. The number of rotatable bonds is 6. The minimum Gasteiger partial charge on any atom is -0.380 e. The number of nitrogens with zero attached hydrogens (tertiary/aromatic N) is 4. The third-order valence-corrected chi connectivity index (χ3v) is 8.79. The Morgan fingerprint density at radius 1 is 1.12 bits per heavy atom. The van der Waals surface area contributed by atoms with Gasteiger partial charge in [-0.15, -0.1) is 0 Å². The zero-order chi connectivity index (χ0) is 23.8. The van der Waals surface area contributed by atoms with Gasteiger partial charge in [-0.2, -0.15) is 8.42 Å². The van der Waals surface area contributed by atoms with Crippen molar-refractivity contribution in [2.75, 3.05) is 17.7 Å². The average Bonchev–Trinajstić information content (AvgIpc) is 3.23. The van der Waals surface area contributed by atoms with Gasteiger partial charge < -0.3 is 4.90 Å². The predicted octanol–water partition coefficient (Wildman–Crippen LogP) is 3.71. The summed E-state index contributed by atoms with van der Waals surface area (Å²) in [7, 11) is -6.00. The predicted molar refractivity (Wildman–Crippen MR) is 126 cm³/mol. The van der Waals surface area contributed by atoms with E-state index >= 15 is 0 Å². The van der Waals surface area contributed by atoms with E-state index in [1.165, 1.54) is 24.5 Å². The van der Waals surface area contributed by atoms with Gasteiger partial charge in [0.05, 0.1) is 22.9 Å². The van der Waals surface area contributed by atoms with Crippen LogP contribution in [0.4, 0.5) is 11.4 Å². The third kappa shape index (κ3) is 4.59. The molecule has 0 unspecified atom stereocenters. The van der Waals surface area contributed by atoms with Crippen LogP contribution in [0.3, 0.4) is 0 Å². The van der Waals surface area contributed by atoms with Gasteiger partial charge >= 0.3 is 0 Å². The molecule has 4 rings (SSSR count). The molecule has 1 aliphatic carbocycles. The summed E-state index contributed by atoms with van der Waals surface area (Å²) in [6.07, 6.45) is 5.51. The van der Waals surface area contributed by atoms with Gasteiger partial charge in [-0.1, -0.05) is 18.2 Å². The Bertz CT molecular complexity index is 1420. The topological polar surface area (TPSA) is 114 Å². The Labute approximate surface area is 193 Å². The van der Waals surface area contributed by atoms with Gasteiger partial charge in [0.1, 0.15) is 0 Å². The molecule has 1 N–H and O–H groups in total. The summed E-state index contributed by atoms with van der Waals surface area (Å²) >= 11 is 0. The molecule has 174 valence electrons. The number of anilines is 1. The fourth-order valence-electron chi connectivity index (χ4n) is 4.57. The van der Waals surface area contributed by atoms with Crippen molar-refractivity contribution in [3.05, 3.63) is 60.2 Å². The van der Waals surface area contributed by atoms with E-state index in [-0.39, 0.29) is 28.3 Å². The summed E-state index contributed by atoms with van der Waals surface area (Å²) in [5.41, 5.74) is 1.17. The molecule has 11 heteroatoms. The van der Waals surface area contributed by atoms with Gasteiger partial charge in [-0.3, -0.25) is 4.55 Å². The molecule has 3 aromatic rings. The molecular formula is C22H24N4O5S2. The van der Waals surface area contributed by atoms with E-state index in [4.69, 9.17) is 11.1 Å². The van der Waals surface area contributed by atoms with E-state index in [0.717, 1.165) is 3.97 Å². The highest BCUT2D eigenvalue weighted by Gasteiger charge is 2.30. The molecule has 33 heavy (non-hydrogen) atoms. The fourth-order valence-corrected chi connectivity index (χ4v) is 6.82. The molecule has 0 saturated heterocycles. The van der Waals surface area contributed by atoms with Crippen molar-refractivity contribution in [1.29, 1.82) is 0 Å². The van der Waals surface area contributed by atoms with E-state index in [1.807, 2.05) is 11.9 Å². The maximum atomic E-state index is 13.2. The van der Waals surface area contributed by atoms with Crippen molar-refractivity contribution in [1.82, 2.24) is 8.96 Å². The monoisotopic (exact) mass is 488 g/mol. The number of aromatic nitrogens is 2. The summed E-state index contributed by atoms with van der Waals surface area (Å²) in [4.78, 5) is 10.0. The normalized spacial score (nSPS) is 19.3. The van der Waals surface area contributed by atoms with Crippen molar-refractivity contribution in [3.8, 4) is 0 Å². The van der Waals surface area contributed by atoms with Crippen molar-refractivity contribution in [3.63, 3.8) is 0 Å². The van der Waals surface area contributed by atoms with Gasteiger partial charge in [-0.25, -0.2) is 22.2 Å². The number of pyridine rings is 1. The van der Waals surface area contributed by atoms with Gasteiger partial charge in [-0.05, 0) is 49.8 Å². The van der Waals surface area contributed by atoms with E-state index < -0.39 is 20.1 Å². The van der Waals surface area contributed by atoms with Crippen molar-refractivity contribution in [2.24, 2.45) is 5.92 Å². The number of hydrogen-bond donors (Lipinski definition) is 1. The summed E-state index contributed by atoms with van der Waals surface area (Å²) in [6, 6.07) is 9.79. The van der Waals surface area contributed by atoms with E-state index in [1.54, 1.807) is 24.3 Å². The van der Waals surface area contributed by atoms with Crippen LogP contribution in [-0.2, 0) is 20.1 Å². The van der Waals surface area contributed by atoms with Gasteiger partial charge in [0.2, 0.25) is 5.69 Å². The lowest BCUT2D eigenvalue weighted by atomic mass is 9.86. The smallest absolute Gasteiger partial charge is 0.269 e. The first kappa shape index (κ1) is 23.2. The van der Waals surface area contributed by atoms with Gasteiger partial charge in [0.15, 0.2) is 5.65 Å². The van der Waals surface area contributed by atoms with Crippen LogP contribution in [0.15, 0.2) is 53.7 Å². The molecule has 2 aromatic heterocycles. The van der Waals surface area contributed by atoms with Crippen LogP contribution in [0.5, 0.6) is 0 Å². The minimum atomic E-state index is -4.01. The zero-order valence-electron chi connectivity index (χ0n) is 18.0. The highest BCUT2D eigenvalue weighted by molar-refractivity contribution is 7.90. The average molecular weight is 489 g/mol. The Balaban J connectivity index is 1.69. The second kappa shape index (κ2) is 8.78. The quantitative estimate of drug-likeness (QED) is 0.416. The van der Waals surface area contributed by atoms with Crippen molar-refractivity contribution < 1.29 is 21.4 Å². The molecule has 0 radical (unpaired) electrons. The zero-order valence-corrected chi connectivity index (χ0v) is 19.6.